The van der Waals surface area contributed by atoms with Crippen molar-refractivity contribution in [2.45, 2.75) is 12.8 Å². The number of fused-ring (bicyclic) bond motifs is 2. The summed E-state index contributed by atoms with van der Waals surface area (Å²) in [6.45, 7) is 0. The van der Waals surface area contributed by atoms with E-state index in [1.54, 1.807) is 12.1 Å². The van der Waals surface area contributed by atoms with Gasteiger partial charge >= 0.3 is 0 Å². The first-order chi connectivity index (χ1) is 12.1. The predicted molar refractivity (Wildman–Crippen MR) is 86.9 cm³/mol. The van der Waals surface area contributed by atoms with Gasteiger partial charge in [0, 0.05) is 11.1 Å². The summed E-state index contributed by atoms with van der Waals surface area (Å²) in [6, 6.07) is 8.59. The van der Waals surface area contributed by atoms with Crippen molar-refractivity contribution in [2.75, 3.05) is 0 Å². The van der Waals surface area contributed by atoms with Crippen molar-refractivity contribution in [3.05, 3.63) is 58.7 Å². The van der Waals surface area contributed by atoms with Gasteiger partial charge in [0.25, 0.3) is 20.8 Å². The molecule has 1 aliphatic rings. The van der Waals surface area contributed by atoms with E-state index >= 15 is 0 Å². The molecule has 1 aliphatic carbocycles. The lowest BCUT2D eigenvalue weighted by molar-refractivity contribution is 0.369. The summed E-state index contributed by atoms with van der Waals surface area (Å²) in [4.78, 5) is 0. The molecule has 0 N–H and O–H groups in total. The lowest BCUT2D eigenvalue weighted by Crippen LogP contribution is -2.09. The van der Waals surface area contributed by atoms with Gasteiger partial charge in [-0.3, -0.25) is 0 Å². The maximum atomic E-state index is 10.7. The molecule has 0 saturated carbocycles. The molecule has 0 spiro atoms. The van der Waals surface area contributed by atoms with E-state index in [2.05, 4.69) is 20.2 Å². The second kappa shape index (κ2) is 6.62. The molecule has 136 valence electrons. The Morgan fingerprint density at radius 3 is 1.46 bits per heavy atom. The quantitative estimate of drug-likeness (QED) is 0.424. The first-order valence-electron chi connectivity index (χ1n) is 7.17. The Bertz CT molecular complexity index is 1050. The van der Waals surface area contributed by atoms with Crippen LogP contribution in [0.3, 0.4) is 0 Å². The molecule has 2 aromatic rings. The van der Waals surface area contributed by atoms with Gasteiger partial charge in [0.05, 0.1) is 0 Å². The molecule has 0 aromatic heterocycles. The highest BCUT2D eigenvalue weighted by molar-refractivity contribution is 7.81. The molecule has 2 aromatic carbocycles. The van der Waals surface area contributed by atoms with Crippen LogP contribution >= 0.6 is 0 Å². The standard InChI is InChI=1S/C16H12O8S2/c17-25(18,19)23-15-7-5-11-1-2-12-6-8-16(24-26(20,21)22)10-14(12)4-3-13(11)9-15/h5-10H,3-4H2,(H,17,18,19)(H,20,21,22)/p-2. The third-order valence-electron chi connectivity index (χ3n) is 3.55. The normalized spacial score (nSPS) is 13.3. The van der Waals surface area contributed by atoms with Gasteiger partial charge in [-0.15, -0.1) is 0 Å². The lowest BCUT2D eigenvalue weighted by atomic mass is 9.94. The first kappa shape index (κ1) is 18.2. The minimum Gasteiger partial charge on any atom is -0.716 e. The Hall–Kier alpha value is -2.58. The summed E-state index contributed by atoms with van der Waals surface area (Å²) in [6.07, 6.45) is 0.835. The molecule has 0 saturated heterocycles. The van der Waals surface area contributed by atoms with Gasteiger partial charge in [0.2, 0.25) is 0 Å². The van der Waals surface area contributed by atoms with Crippen molar-refractivity contribution in [3.63, 3.8) is 0 Å². The Labute approximate surface area is 150 Å². The lowest BCUT2D eigenvalue weighted by Gasteiger charge is -2.15. The fourth-order valence-electron chi connectivity index (χ4n) is 2.54. The molecule has 0 heterocycles. The van der Waals surface area contributed by atoms with Crippen molar-refractivity contribution >= 4 is 20.8 Å². The maximum Gasteiger partial charge on any atom is 0.262 e. The van der Waals surface area contributed by atoms with E-state index in [0.717, 1.165) is 0 Å². The molecule has 10 heteroatoms. The zero-order valence-electron chi connectivity index (χ0n) is 13.0. The van der Waals surface area contributed by atoms with E-state index in [0.29, 0.717) is 35.1 Å². The third kappa shape index (κ3) is 4.74. The Kier molecular flexibility index (Phi) is 4.64. The maximum absolute atomic E-state index is 10.7. The minimum atomic E-state index is -4.88. The highest BCUT2D eigenvalue weighted by Crippen LogP contribution is 2.25. The topological polar surface area (TPSA) is 133 Å². The largest absolute Gasteiger partial charge is 0.716 e. The zero-order valence-corrected chi connectivity index (χ0v) is 14.6. The SMILES string of the molecule is O=S(=O)([O-])Oc1ccc2c(c1)CCc1cc(OS(=O)(=O)[O-])ccc1C#C2. The van der Waals surface area contributed by atoms with Crippen molar-refractivity contribution < 1.29 is 34.3 Å². The van der Waals surface area contributed by atoms with E-state index in [1.807, 2.05) is 0 Å². The van der Waals surface area contributed by atoms with Gasteiger partial charge in [-0.2, -0.15) is 0 Å². The molecule has 0 amide bonds. The Morgan fingerprint density at radius 2 is 1.12 bits per heavy atom. The summed E-state index contributed by atoms with van der Waals surface area (Å²) in [5.74, 6) is 5.62. The first-order valence-corrected chi connectivity index (χ1v) is 9.84. The number of hydrogen-bond acceptors (Lipinski definition) is 8. The van der Waals surface area contributed by atoms with Gasteiger partial charge in [-0.25, -0.2) is 16.8 Å². The third-order valence-corrected chi connectivity index (χ3v) is 4.34. The Balaban J connectivity index is 1.95. The van der Waals surface area contributed by atoms with E-state index < -0.39 is 20.8 Å². The van der Waals surface area contributed by atoms with Crippen LogP contribution in [0.15, 0.2) is 36.4 Å². The summed E-state index contributed by atoms with van der Waals surface area (Å²) in [7, 11) is -9.76. The molecular formula is C16H10O8S2-2. The van der Waals surface area contributed by atoms with E-state index in [9.17, 15) is 25.9 Å². The molecule has 0 aliphatic heterocycles. The number of rotatable bonds is 4. The van der Waals surface area contributed by atoms with E-state index in [4.69, 9.17) is 0 Å². The zero-order chi connectivity index (χ0) is 18.9. The van der Waals surface area contributed by atoms with Gasteiger partial charge in [0.15, 0.2) is 0 Å². The average molecular weight is 394 g/mol. The summed E-state index contributed by atoms with van der Waals surface area (Å²) in [5.41, 5.74) is 2.61. The monoisotopic (exact) mass is 394 g/mol. The molecule has 26 heavy (non-hydrogen) atoms. The molecule has 0 bridgehead atoms. The van der Waals surface area contributed by atoms with Crippen molar-refractivity contribution in [2.24, 2.45) is 0 Å². The highest BCUT2D eigenvalue weighted by atomic mass is 32.3. The summed E-state index contributed by atoms with van der Waals surface area (Å²) in [5, 5.41) is 0. The van der Waals surface area contributed by atoms with Gasteiger partial charge < -0.3 is 17.5 Å². The van der Waals surface area contributed by atoms with Crippen LogP contribution in [0.5, 0.6) is 11.5 Å². The number of benzene rings is 2. The van der Waals surface area contributed by atoms with Crippen LogP contribution < -0.4 is 8.37 Å². The number of aryl methyl sites for hydroxylation is 2. The van der Waals surface area contributed by atoms with Crippen LogP contribution in [0, 0.1) is 11.8 Å². The van der Waals surface area contributed by atoms with Gasteiger partial charge in [0.1, 0.15) is 11.5 Å². The summed E-state index contributed by atoms with van der Waals surface area (Å²) < 4.78 is 72.9. The molecular weight excluding hydrogens is 384 g/mol. The van der Waals surface area contributed by atoms with Crippen LogP contribution in [0.25, 0.3) is 0 Å². The molecule has 8 nitrogen and oxygen atoms in total. The fraction of sp³-hybridized carbons (Fsp3) is 0.125. The highest BCUT2D eigenvalue weighted by Gasteiger charge is 2.12. The molecule has 3 rings (SSSR count). The minimum absolute atomic E-state index is 0.115. The molecule has 0 radical (unpaired) electrons. The smallest absolute Gasteiger partial charge is 0.262 e. The van der Waals surface area contributed by atoms with Gasteiger partial charge in [-0.1, -0.05) is 11.8 Å². The van der Waals surface area contributed by atoms with Crippen molar-refractivity contribution in [1.29, 1.82) is 0 Å². The fourth-order valence-corrected chi connectivity index (χ4v) is 3.22. The summed E-state index contributed by atoms with van der Waals surface area (Å²) >= 11 is 0. The molecule has 0 fully saturated rings. The van der Waals surface area contributed by atoms with Gasteiger partial charge in [-0.05, 0) is 60.4 Å². The number of hydrogen-bond donors (Lipinski definition) is 0. The second-order valence-corrected chi connectivity index (χ2v) is 7.34. The Morgan fingerprint density at radius 1 is 0.731 bits per heavy atom. The van der Waals surface area contributed by atoms with Crippen molar-refractivity contribution in [1.82, 2.24) is 0 Å². The van der Waals surface area contributed by atoms with Crippen LogP contribution in [0.4, 0.5) is 0 Å². The second-order valence-electron chi connectivity index (χ2n) is 5.37. The van der Waals surface area contributed by atoms with Crippen LogP contribution in [0.2, 0.25) is 0 Å². The van der Waals surface area contributed by atoms with Crippen LogP contribution in [0.1, 0.15) is 22.3 Å². The average Bonchev–Trinajstić information content (AvgIpc) is 2.48. The molecule has 0 atom stereocenters. The van der Waals surface area contributed by atoms with E-state index in [1.165, 1.54) is 24.3 Å². The van der Waals surface area contributed by atoms with Crippen LogP contribution in [-0.4, -0.2) is 25.9 Å². The predicted octanol–water partition coefficient (Wildman–Crippen LogP) is 0.863. The molecule has 0 unspecified atom stereocenters. The van der Waals surface area contributed by atoms with Crippen molar-refractivity contribution in [3.8, 4) is 23.3 Å². The van der Waals surface area contributed by atoms with Crippen LogP contribution in [-0.2, 0) is 33.6 Å². The van der Waals surface area contributed by atoms with E-state index in [-0.39, 0.29) is 11.5 Å².